The molecule has 4 heteroatoms. The molecule has 0 N–H and O–H groups in total. The van der Waals surface area contributed by atoms with Crippen LogP contribution in [0.4, 0.5) is 0 Å². The molecular weight excluding hydrogens is 232 g/mol. The summed E-state index contributed by atoms with van der Waals surface area (Å²) in [5.41, 5.74) is -0.0575. The van der Waals surface area contributed by atoms with Crippen molar-refractivity contribution in [3.8, 4) is 0 Å². The molecule has 0 saturated heterocycles. The molecule has 100 valence electrons. The Morgan fingerprint density at radius 1 is 1.41 bits per heavy atom. The van der Waals surface area contributed by atoms with Crippen LogP contribution in [-0.2, 0) is 14.0 Å². The van der Waals surface area contributed by atoms with Crippen molar-refractivity contribution in [2.24, 2.45) is 0 Å². The largest absolute Gasteiger partial charge is 0.460 e. The standard InChI is InChI=1S/C13H26O3Si/c1-6-10-11-13(16-12(14)7-2)17(5,9-4)15-8-3/h7,13H,2,6,8-11H2,1,3-5H3. The van der Waals surface area contributed by atoms with Gasteiger partial charge < -0.3 is 9.16 Å². The molecule has 0 fully saturated rings. The predicted molar refractivity (Wildman–Crippen MR) is 73.3 cm³/mol. The Morgan fingerprint density at radius 2 is 2.06 bits per heavy atom. The summed E-state index contributed by atoms with van der Waals surface area (Å²) in [6.45, 7) is 12.5. The lowest BCUT2D eigenvalue weighted by Crippen LogP contribution is -2.49. The van der Waals surface area contributed by atoms with Gasteiger partial charge in [0.2, 0.25) is 8.32 Å². The van der Waals surface area contributed by atoms with E-state index in [0.717, 1.165) is 25.3 Å². The Labute approximate surface area is 106 Å². The lowest BCUT2D eigenvalue weighted by Gasteiger charge is -2.33. The molecule has 0 bridgehead atoms. The van der Waals surface area contributed by atoms with E-state index < -0.39 is 8.32 Å². The Kier molecular flexibility index (Phi) is 8.17. The van der Waals surface area contributed by atoms with E-state index in [1.54, 1.807) is 0 Å². The van der Waals surface area contributed by atoms with Gasteiger partial charge in [0, 0.05) is 12.7 Å². The van der Waals surface area contributed by atoms with Crippen molar-refractivity contribution in [1.82, 2.24) is 0 Å². The lowest BCUT2D eigenvalue weighted by atomic mass is 10.3. The van der Waals surface area contributed by atoms with Crippen molar-refractivity contribution in [3.05, 3.63) is 12.7 Å². The van der Waals surface area contributed by atoms with Crippen LogP contribution in [0.25, 0.3) is 0 Å². The van der Waals surface area contributed by atoms with E-state index in [4.69, 9.17) is 9.16 Å². The zero-order valence-electron chi connectivity index (χ0n) is 11.6. The fourth-order valence-electron chi connectivity index (χ4n) is 1.82. The zero-order valence-corrected chi connectivity index (χ0v) is 12.6. The van der Waals surface area contributed by atoms with Crippen LogP contribution in [0, 0.1) is 0 Å². The molecule has 0 amide bonds. The number of esters is 1. The van der Waals surface area contributed by atoms with Crippen molar-refractivity contribution in [3.63, 3.8) is 0 Å². The van der Waals surface area contributed by atoms with Crippen LogP contribution < -0.4 is 0 Å². The summed E-state index contributed by atoms with van der Waals surface area (Å²) in [5.74, 6) is -0.335. The average molecular weight is 258 g/mol. The molecule has 0 spiro atoms. The molecule has 0 heterocycles. The molecule has 17 heavy (non-hydrogen) atoms. The van der Waals surface area contributed by atoms with E-state index in [2.05, 4.69) is 27.0 Å². The molecule has 0 aliphatic heterocycles. The summed E-state index contributed by atoms with van der Waals surface area (Å²) >= 11 is 0. The Morgan fingerprint density at radius 3 is 2.47 bits per heavy atom. The first kappa shape index (κ1) is 16.4. The molecule has 2 unspecified atom stereocenters. The van der Waals surface area contributed by atoms with Crippen LogP contribution in [0.3, 0.4) is 0 Å². The Hall–Kier alpha value is -0.613. The predicted octanol–water partition coefficient (Wildman–Crippen LogP) is 3.45. The fourth-order valence-corrected chi connectivity index (χ4v) is 4.50. The van der Waals surface area contributed by atoms with E-state index in [0.29, 0.717) is 6.61 Å². The highest BCUT2D eigenvalue weighted by Gasteiger charge is 2.39. The molecular formula is C13H26O3Si. The number of unbranched alkanes of at least 4 members (excludes halogenated alkanes) is 1. The highest BCUT2D eigenvalue weighted by atomic mass is 28.4. The maximum atomic E-state index is 11.4. The highest BCUT2D eigenvalue weighted by Crippen LogP contribution is 2.23. The minimum absolute atomic E-state index is 0.0575. The smallest absolute Gasteiger partial charge is 0.330 e. The normalized spacial score (nSPS) is 16.0. The summed E-state index contributed by atoms with van der Waals surface area (Å²) < 4.78 is 11.4. The third-order valence-corrected chi connectivity index (χ3v) is 7.22. The topological polar surface area (TPSA) is 35.5 Å². The van der Waals surface area contributed by atoms with Gasteiger partial charge in [-0.15, -0.1) is 0 Å². The molecule has 0 aliphatic carbocycles. The second kappa shape index (κ2) is 8.47. The Bertz CT molecular complexity index is 243. The molecule has 0 aromatic heterocycles. The molecule has 0 rings (SSSR count). The first-order chi connectivity index (χ1) is 8.03. The summed E-state index contributed by atoms with van der Waals surface area (Å²) in [5, 5.41) is 0. The lowest BCUT2D eigenvalue weighted by molar-refractivity contribution is -0.140. The van der Waals surface area contributed by atoms with Crippen LogP contribution in [0.15, 0.2) is 12.7 Å². The third-order valence-electron chi connectivity index (χ3n) is 3.10. The van der Waals surface area contributed by atoms with Gasteiger partial charge >= 0.3 is 5.97 Å². The third kappa shape index (κ3) is 5.50. The number of hydrogen-bond donors (Lipinski definition) is 0. The number of carbonyl (C=O) groups is 1. The van der Waals surface area contributed by atoms with E-state index in [1.807, 2.05) is 6.92 Å². The van der Waals surface area contributed by atoms with Gasteiger partial charge in [0.25, 0.3) is 0 Å². The van der Waals surface area contributed by atoms with Crippen LogP contribution in [0.1, 0.15) is 40.0 Å². The van der Waals surface area contributed by atoms with Gasteiger partial charge in [-0.2, -0.15) is 0 Å². The summed E-state index contributed by atoms with van der Waals surface area (Å²) in [4.78, 5) is 11.4. The molecule has 0 radical (unpaired) electrons. The number of carbonyl (C=O) groups excluding carboxylic acids is 1. The maximum Gasteiger partial charge on any atom is 0.330 e. The van der Waals surface area contributed by atoms with Gasteiger partial charge in [0.1, 0.15) is 5.73 Å². The highest BCUT2D eigenvalue weighted by molar-refractivity contribution is 6.73. The molecule has 2 atom stereocenters. The monoisotopic (exact) mass is 258 g/mol. The van der Waals surface area contributed by atoms with Gasteiger partial charge in [-0.1, -0.05) is 33.3 Å². The summed E-state index contributed by atoms with van der Waals surface area (Å²) in [6, 6.07) is 0.958. The van der Waals surface area contributed by atoms with Gasteiger partial charge in [-0.05, 0) is 25.9 Å². The van der Waals surface area contributed by atoms with Crippen LogP contribution >= 0.6 is 0 Å². The van der Waals surface area contributed by atoms with E-state index in [1.165, 1.54) is 6.08 Å². The van der Waals surface area contributed by atoms with Crippen LogP contribution in [0.2, 0.25) is 12.6 Å². The minimum Gasteiger partial charge on any atom is -0.460 e. The van der Waals surface area contributed by atoms with Crippen molar-refractivity contribution in [2.45, 2.75) is 58.4 Å². The maximum absolute atomic E-state index is 11.4. The first-order valence-electron chi connectivity index (χ1n) is 6.51. The zero-order chi connectivity index (χ0) is 13.3. The van der Waals surface area contributed by atoms with Crippen LogP contribution in [0.5, 0.6) is 0 Å². The van der Waals surface area contributed by atoms with E-state index in [-0.39, 0.29) is 11.7 Å². The van der Waals surface area contributed by atoms with Gasteiger partial charge in [0.15, 0.2) is 0 Å². The van der Waals surface area contributed by atoms with Gasteiger partial charge in [-0.25, -0.2) is 4.79 Å². The van der Waals surface area contributed by atoms with Crippen molar-refractivity contribution in [2.75, 3.05) is 6.61 Å². The second-order valence-corrected chi connectivity index (χ2v) is 8.64. The van der Waals surface area contributed by atoms with Crippen molar-refractivity contribution >= 4 is 14.3 Å². The number of hydrogen-bond acceptors (Lipinski definition) is 3. The molecule has 0 aliphatic rings. The average Bonchev–Trinajstić information content (AvgIpc) is 2.34. The van der Waals surface area contributed by atoms with Crippen molar-refractivity contribution in [1.29, 1.82) is 0 Å². The molecule has 0 aromatic rings. The quantitative estimate of drug-likeness (QED) is 0.361. The summed E-state index contributed by atoms with van der Waals surface area (Å²) in [6.07, 6.45) is 4.29. The first-order valence-corrected chi connectivity index (χ1v) is 9.20. The van der Waals surface area contributed by atoms with E-state index in [9.17, 15) is 4.79 Å². The second-order valence-electron chi connectivity index (χ2n) is 4.37. The van der Waals surface area contributed by atoms with E-state index >= 15 is 0 Å². The van der Waals surface area contributed by atoms with Crippen molar-refractivity contribution < 1.29 is 14.0 Å². The molecule has 0 aromatic carbocycles. The SMILES string of the molecule is C=CC(=O)OC(CCCC)[Si](C)(CC)OCC. The van der Waals surface area contributed by atoms with Gasteiger partial charge in [-0.3, -0.25) is 0 Å². The summed E-state index contributed by atoms with van der Waals surface area (Å²) in [7, 11) is -1.96. The van der Waals surface area contributed by atoms with Crippen LogP contribution in [-0.4, -0.2) is 26.6 Å². The number of rotatable bonds is 9. The minimum atomic E-state index is -1.96. The fraction of sp³-hybridized carbons (Fsp3) is 0.769. The Balaban J connectivity index is 4.71. The number of ether oxygens (including phenoxy) is 1. The molecule has 3 nitrogen and oxygen atoms in total. The molecule has 0 saturated carbocycles. The van der Waals surface area contributed by atoms with Gasteiger partial charge in [0.05, 0.1) is 0 Å².